The number of allylic oxidation sites excluding steroid dienone is 2. The van der Waals surface area contributed by atoms with Gasteiger partial charge >= 0.3 is 5.97 Å². The molecule has 0 radical (unpaired) electrons. The van der Waals surface area contributed by atoms with Gasteiger partial charge in [-0.1, -0.05) is 24.3 Å². The quantitative estimate of drug-likeness (QED) is 0.375. The number of rotatable bonds is 10. The Hall–Kier alpha value is -2.73. The first-order valence-electron chi connectivity index (χ1n) is 11.2. The fourth-order valence-electron chi connectivity index (χ4n) is 5.34. The highest BCUT2D eigenvalue weighted by atomic mass is 19.1. The summed E-state index contributed by atoms with van der Waals surface area (Å²) in [6.07, 6.45) is 7.61. The van der Waals surface area contributed by atoms with Crippen LogP contribution < -0.4 is 5.32 Å². The number of halogens is 2. The summed E-state index contributed by atoms with van der Waals surface area (Å²) in [5.41, 5.74) is 1.81. The van der Waals surface area contributed by atoms with E-state index in [0.717, 1.165) is 30.5 Å². The number of carbonyl (C=O) groups is 1. The van der Waals surface area contributed by atoms with Crippen LogP contribution in [0.1, 0.15) is 37.7 Å². The molecule has 4 nitrogen and oxygen atoms in total. The van der Waals surface area contributed by atoms with Crippen LogP contribution in [0.3, 0.4) is 0 Å². The molecule has 1 saturated carbocycles. The van der Waals surface area contributed by atoms with E-state index in [2.05, 4.69) is 17.5 Å². The lowest BCUT2D eigenvalue weighted by Gasteiger charge is -2.39. The van der Waals surface area contributed by atoms with Gasteiger partial charge < -0.3 is 15.2 Å². The molecule has 2 N–H and O–H groups in total. The van der Waals surface area contributed by atoms with Crippen LogP contribution in [0.4, 0.5) is 14.5 Å². The zero-order valence-electron chi connectivity index (χ0n) is 18.0. The third-order valence-corrected chi connectivity index (χ3v) is 6.95. The lowest BCUT2D eigenvalue weighted by molar-refractivity contribution is -0.137. The summed E-state index contributed by atoms with van der Waals surface area (Å²) in [5, 5.41) is 12.2. The number of carboxylic acid groups (broad SMARTS) is 1. The van der Waals surface area contributed by atoms with Gasteiger partial charge in [-0.2, -0.15) is 0 Å². The third kappa shape index (κ3) is 4.85. The smallest absolute Gasteiger partial charge is 0.303 e. The van der Waals surface area contributed by atoms with Crippen molar-refractivity contribution in [2.75, 3.05) is 18.5 Å². The van der Waals surface area contributed by atoms with Gasteiger partial charge in [-0.3, -0.25) is 4.79 Å². The molecule has 0 spiro atoms. The van der Waals surface area contributed by atoms with Gasteiger partial charge in [0.1, 0.15) is 11.6 Å². The first-order valence-corrected chi connectivity index (χ1v) is 11.2. The molecule has 0 amide bonds. The average molecular weight is 442 g/mol. The summed E-state index contributed by atoms with van der Waals surface area (Å²) in [7, 11) is 0. The molecule has 0 aromatic heterocycles. The predicted octanol–water partition coefficient (Wildman–Crippen LogP) is 5.55. The molecule has 1 aliphatic heterocycles. The number of fused-ring (bicyclic) bond motifs is 2. The molecule has 2 aliphatic rings. The van der Waals surface area contributed by atoms with Crippen LogP contribution in [0.2, 0.25) is 0 Å². The maximum absolute atomic E-state index is 13.6. The Morgan fingerprint density at radius 3 is 2.47 bits per heavy atom. The molecule has 2 aromatic carbocycles. The number of unbranched alkanes of at least 4 members (excludes halogenated alkanes) is 1. The molecule has 1 heterocycles. The van der Waals surface area contributed by atoms with E-state index in [-0.39, 0.29) is 35.5 Å². The lowest BCUT2D eigenvalue weighted by atomic mass is 9.69. The molecule has 2 fully saturated rings. The molecule has 0 unspecified atom stereocenters. The number of anilines is 1. The summed E-state index contributed by atoms with van der Waals surface area (Å²) >= 11 is 0. The van der Waals surface area contributed by atoms with Gasteiger partial charge in [0.25, 0.3) is 0 Å². The van der Waals surface area contributed by atoms with Crippen LogP contribution in [0, 0.1) is 23.5 Å². The van der Waals surface area contributed by atoms with Crippen molar-refractivity contribution in [3.8, 4) is 0 Å². The normalized spacial score (nSPS) is 26.6. The van der Waals surface area contributed by atoms with E-state index in [1.165, 1.54) is 24.3 Å². The number of ether oxygens (including phenoxy) is 1. The molecular formula is C26H29F2NO3. The molecular weight excluding hydrogens is 412 g/mol. The fraction of sp³-hybridized carbons (Fsp3) is 0.423. The fourth-order valence-corrected chi connectivity index (χ4v) is 5.34. The second-order valence-electron chi connectivity index (χ2n) is 8.87. The molecule has 6 heteroatoms. The first-order chi connectivity index (χ1) is 15.5. The largest absolute Gasteiger partial charge is 0.481 e. The summed E-state index contributed by atoms with van der Waals surface area (Å²) in [5.74, 6) is -0.730. The number of carboxylic acids is 1. The van der Waals surface area contributed by atoms with E-state index in [1.54, 1.807) is 12.1 Å². The molecule has 1 aliphatic carbocycles. The van der Waals surface area contributed by atoms with E-state index in [0.29, 0.717) is 25.5 Å². The number of aliphatic carboxylic acids is 1. The van der Waals surface area contributed by atoms with Gasteiger partial charge in [-0.25, -0.2) is 8.78 Å². The van der Waals surface area contributed by atoms with E-state index in [1.807, 2.05) is 12.1 Å². The zero-order valence-corrected chi connectivity index (χ0v) is 18.0. The topological polar surface area (TPSA) is 58.6 Å². The molecule has 1 saturated heterocycles. The van der Waals surface area contributed by atoms with Gasteiger partial charge in [0.05, 0.1) is 12.7 Å². The van der Waals surface area contributed by atoms with Crippen molar-refractivity contribution in [3.05, 3.63) is 77.9 Å². The van der Waals surface area contributed by atoms with Gasteiger partial charge in [0.2, 0.25) is 0 Å². The van der Waals surface area contributed by atoms with Crippen LogP contribution in [0.15, 0.2) is 60.7 Å². The molecule has 4 atom stereocenters. The van der Waals surface area contributed by atoms with Crippen molar-refractivity contribution >= 4 is 11.7 Å². The minimum absolute atomic E-state index is 0.110. The predicted molar refractivity (Wildman–Crippen MR) is 120 cm³/mol. The van der Waals surface area contributed by atoms with Crippen LogP contribution >= 0.6 is 0 Å². The summed E-state index contributed by atoms with van der Waals surface area (Å²) < 4.78 is 33.0. The van der Waals surface area contributed by atoms with E-state index >= 15 is 0 Å². The van der Waals surface area contributed by atoms with Crippen molar-refractivity contribution < 1.29 is 23.4 Å². The standard InChI is InChI=1S/C26H29F2NO3/c27-19-9-7-18(8-10-19)26-15-24(32-17-26)22(16-29-21-13-11-20(28)12-14-21)23(26)5-3-1-2-4-6-25(30)31/h1,3,7-14,22-24,29H,2,4-6,15-17H2,(H,30,31)/b3-1-/t22-,23-,24-,26-/m0/s1. The minimum atomic E-state index is -0.772. The maximum Gasteiger partial charge on any atom is 0.303 e. The van der Waals surface area contributed by atoms with Gasteiger partial charge in [0, 0.05) is 30.0 Å². The van der Waals surface area contributed by atoms with Crippen LogP contribution in [0.5, 0.6) is 0 Å². The number of nitrogens with one attached hydrogen (secondary N) is 1. The Balaban J connectivity index is 1.50. The van der Waals surface area contributed by atoms with Gasteiger partial charge in [-0.05, 0) is 73.6 Å². The first kappa shape index (κ1) is 22.5. The third-order valence-electron chi connectivity index (χ3n) is 6.95. The average Bonchev–Trinajstić information content (AvgIpc) is 3.34. The van der Waals surface area contributed by atoms with Crippen molar-refractivity contribution in [1.29, 1.82) is 0 Å². The summed E-state index contributed by atoms with van der Waals surface area (Å²) in [4.78, 5) is 10.7. The Bertz CT molecular complexity index is 945. The zero-order chi connectivity index (χ0) is 22.6. The highest BCUT2D eigenvalue weighted by Gasteiger charge is 2.58. The Kier molecular flexibility index (Phi) is 6.89. The van der Waals surface area contributed by atoms with E-state index in [4.69, 9.17) is 9.84 Å². The second kappa shape index (κ2) is 9.82. The molecule has 170 valence electrons. The molecule has 2 bridgehead atoms. The van der Waals surface area contributed by atoms with Crippen molar-refractivity contribution in [2.45, 2.75) is 43.6 Å². The van der Waals surface area contributed by atoms with Crippen molar-refractivity contribution in [1.82, 2.24) is 0 Å². The maximum atomic E-state index is 13.6. The van der Waals surface area contributed by atoms with Crippen LogP contribution in [0.25, 0.3) is 0 Å². The Labute approximate surface area is 187 Å². The Morgan fingerprint density at radius 2 is 1.78 bits per heavy atom. The Morgan fingerprint density at radius 1 is 1.09 bits per heavy atom. The van der Waals surface area contributed by atoms with Crippen LogP contribution in [-0.2, 0) is 14.9 Å². The van der Waals surface area contributed by atoms with E-state index < -0.39 is 5.97 Å². The number of hydrogen-bond acceptors (Lipinski definition) is 3. The SMILES string of the molecule is O=C(O)CCC/C=C\C[C@H]1[C@H](CNc2ccc(F)cc2)[C@@H]2C[C@@]1(c1ccc(F)cc1)CO2. The van der Waals surface area contributed by atoms with Crippen LogP contribution in [-0.4, -0.2) is 30.3 Å². The van der Waals surface area contributed by atoms with Crippen molar-refractivity contribution in [2.24, 2.45) is 11.8 Å². The molecule has 2 aromatic rings. The molecule has 4 rings (SSSR count). The summed E-state index contributed by atoms with van der Waals surface area (Å²) in [6, 6.07) is 13.1. The molecule has 32 heavy (non-hydrogen) atoms. The second-order valence-corrected chi connectivity index (χ2v) is 8.87. The monoisotopic (exact) mass is 441 g/mol. The highest BCUT2D eigenvalue weighted by molar-refractivity contribution is 5.66. The minimum Gasteiger partial charge on any atom is -0.481 e. The van der Waals surface area contributed by atoms with Gasteiger partial charge in [0.15, 0.2) is 0 Å². The number of benzene rings is 2. The van der Waals surface area contributed by atoms with Gasteiger partial charge in [-0.15, -0.1) is 0 Å². The lowest BCUT2D eigenvalue weighted by Crippen LogP contribution is -2.42. The summed E-state index contributed by atoms with van der Waals surface area (Å²) in [6.45, 7) is 1.32. The number of hydrogen-bond donors (Lipinski definition) is 2. The van der Waals surface area contributed by atoms with Crippen molar-refractivity contribution in [3.63, 3.8) is 0 Å². The van der Waals surface area contributed by atoms with E-state index in [9.17, 15) is 13.6 Å². The highest BCUT2D eigenvalue weighted by Crippen LogP contribution is 2.56.